The fourth-order valence-electron chi connectivity index (χ4n) is 6.03. The third kappa shape index (κ3) is 9.78. The van der Waals surface area contributed by atoms with Crippen LogP contribution >= 0.6 is 0 Å². The number of nitriles is 1. The van der Waals surface area contributed by atoms with Crippen LogP contribution in [0.25, 0.3) is 22.4 Å². The average Bonchev–Trinajstić information content (AvgIpc) is 3.81. The Morgan fingerprint density at radius 2 is 1.69 bits per heavy atom. The second kappa shape index (κ2) is 16.9. The first-order chi connectivity index (χ1) is 24.8. The number of hydrogen-bond donors (Lipinski definition) is 2. The minimum Gasteiger partial charge on any atom is -0.475 e. The minimum absolute atomic E-state index is 0.0153. The standard InChI is InChI=1S/C33H41N11O.C2HF3O2/c1-40(2)15-20-43-23-35-30-31(43)37-29(21-34)38-32(30)44(26-7-4-5-8-26)39-33(45)28-10-6-9-27(36-28)25-13-11-24(12-14-25)22-42-18-16-41(3)17-19-42;3-2(4,5)1(6)7/h6,9-14,23,26H,4-5,7-8,15-20,22H2,1-3H3,(H,39,45);(H,6,7). The Bertz CT molecular complexity index is 1880. The van der Waals surface area contributed by atoms with Crippen molar-refractivity contribution in [2.24, 2.45) is 0 Å². The number of likely N-dealkylation sites (N-methyl/N-ethyl adjacent to an activating group) is 2. The van der Waals surface area contributed by atoms with Gasteiger partial charge in [-0.1, -0.05) is 43.2 Å². The van der Waals surface area contributed by atoms with Crippen molar-refractivity contribution < 1.29 is 27.9 Å². The normalized spacial score (nSPS) is 15.7. The number of carboxylic acids is 1. The van der Waals surface area contributed by atoms with Gasteiger partial charge in [-0.25, -0.2) is 14.8 Å². The molecule has 1 aromatic carbocycles. The molecule has 1 aliphatic carbocycles. The van der Waals surface area contributed by atoms with Crippen molar-refractivity contribution in [3.05, 3.63) is 65.9 Å². The molecule has 0 atom stereocenters. The largest absolute Gasteiger partial charge is 0.490 e. The second-order valence-electron chi connectivity index (χ2n) is 13.1. The first-order valence-electron chi connectivity index (χ1n) is 17.0. The maximum absolute atomic E-state index is 13.8. The molecule has 1 aliphatic heterocycles. The molecule has 0 radical (unpaired) electrons. The number of benzene rings is 1. The number of halogens is 3. The number of carbonyl (C=O) groups excluding carboxylic acids is 1. The van der Waals surface area contributed by atoms with Crippen molar-refractivity contribution in [3.63, 3.8) is 0 Å². The molecule has 2 fully saturated rings. The summed E-state index contributed by atoms with van der Waals surface area (Å²) < 4.78 is 33.7. The van der Waals surface area contributed by atoms with Gasteiger partial charge in [0, 0.05) is 51.4 Å². The summed E-state index contributed by atoms with van der Waals surface area (Å²) in [6.07, 6.45) is 0.522. The highest BCUT2D eigenvalue weighted by molar-refractivity contribution is 5.95. The number of nitrogens with one attached hydrogen (secondary N) is 1. The van der Waals surface area contributed by atoms with Gasteiger partial charge in [0.25, 0.3) is 5.91 Å². The fraction of sp³-hybridized carbons (Fsp3) is 0.457. The van der Waals surface area contributed by atoms with Crippen molar-refractivity contribution in [1.82, 2.24) is 44.6 Å². The molecule has 276 valence electrons. The van der Waals surface area contributed by atoms with Gasteiger partial charge in [0.15, 0.2) is 17.0 Å². The molecule has 6 rings (SSSR count). The number of carbonyl (C=O) groups is 2. The first-order valence-corrected chi connectivity index (χ1v) is 17.0. The highest BCUT2D eigenvalue weighted by Crippen LogP contribution is 2.30. The Morgan fingerprint density at radius 1 is 1.02 bits per heavy atom. The van der Waals surface area contributed by atoms with Gasteiger partial charge in [0.2, 0.25) is 5.82 Å². The van der Waals surface area contributed by atoms with E-state index in [0.717, 1.165) is 76.2 Å². The van der Waals surface area contributed by atoms with Crippen molar-refractivity contribution in [2.75, 3.05) is 58.9 Å². The average molecular weight is 722 g/mol. The summed E-state index contributed by atoms with van der Waals surface area (Å²) in [5.41, 5.74) is 7.49. The Hall–Kier alpha value is -5.18. The van der Waals surface area contributed by atoms with Crippen LogP contribution in [-0.4, -0.2) is 122 Å². The predicted molar refractivity (Wildman–Crippen MR) is 187 cm³/mol. The van der Waals surface area contributed by atoms with Crippen LogP contribution in [0, 0.1) is 11.3 Å². The van der Waals surface area contributed by atoms with E-state index in [0.29, 0.717) is 29.2 Å². The summed E-state index contributed by atoms with van der Waals surface area (Å²) in [4.78, 5) is 48.0. The van der Waals surface area contributed by atoms with Gasteiger partial charge in [-0.2, -0.15) is 28.4 Å². The summed E-state index contributed by atoms with van der Waals surface area (Å²) in [6.45, 7) is 6.72. The van der Waals surface area contributed by atoms with Crippen LogP contribution in [-0.2, 0) is 17.9 Å². The number of nitrogens with zero attached hydrogens (tertiary/aromatic N) is 10. The van der Waals surface area contributed by atoms with E-state index in [2.05, 4.69) is 72.5 Å². The molecule has 0 bridgehead atoms. The fourth-order valence-corrected chi connectivity index (χ4v) is 6.03. The monoisotopic (exact) mass is 721 g/mol. The van der Waals surface area contributed by atoms with Gasteiger partial charge in [-0.05, 0) is 51.7 Å². The number of aliphatic carboxylic acids is 1. The molecule has 1 saturated heterocycles. The topological polar surface area (TPSA) is 160 Å². The summed E-state index contributed by atoms with van der Waals surface area (Å²) in [7, 11) is 6.18. The van der Waals surface area contributed by atoms with Gasteiger partial charge in [0.05, 0.1) is 18.1 Å². The van der Waals surface area contributed by atoms with Crippen LogP contribution in [0.1, 0.15) is 47.6 Å². The van der Waals surface area contributed by atoms with E-state index in [-0.39, 0.29) is 17.8 Å². The van der Waals surface area contributed by atoms with Crippen molar-refractivity contribution >= 4 is 28.9 Å². The SMILES string of the molecule is CN(C)CCn1cnc2c(N(NC(=O)c3cccc(-c4ccc(CN5CCN(C)CC5)cc4)n3)C3CCCC3)nc(C#N)nc21.O=C(O)C(F)(F)F. The number of pyridine rings is 1. The first kappa shape index (κ1) is 38.1. The Labute approximate surface area is 299 Å². The minimum atomic E-state index is -5.08. The van der Waals surface area contributed by atoms with Crippen molar-refractivity contribution in [1.29, 1.82) is 5.26 Å². The zero-order valence-corrected chi connectivity index (χ0v) is 29.3. The van der Waals surface area contributed by atoms with E-state index >= 15 is 0 Å². The smallest absolute Gasteiger partial charge is 0.475 e. The van der Waals surface area contributed by atoms with E-state index in [4.69, 9.17) is 14.9 Å². The summed E-state index contributed by atoms with van der Waals surface area (Å²) >= 11 is 0. The van der Waals surface area contributed by atoms with Crippen LogP contribution in [0.5, 0.6) is 0 Å². The summed E-state index contributed by atoms with van der Waals surface area (Å²) in [6, 6.07) is 16.1. The highest BCUT2D eigenvalue weighted by Gasteiger charge is 2.38. The number of aromatic nitrogens is 5. The van der Waals surface area contributed by atoms with Crippen molar-refractivity contribution in [2.45, 2.75) is 51.0 Å². The molecule has 4 heterocycles. The number of alkyl halides is 3. The highest BCUT2D eigenvalue weighted by atomic mass is 19.4. The molecule has 1 amide bonds. The molecule has 1 saturated carbocycles. The third-order valence-corrected chi connectivity index (χ3v) is 8.95. The molecule has 0 unspecified atom stereocenters. The molecule has 2 aliphatic rings. The maximum Gasteiger partial charge on any atom is 0.490 e. The Morgan fingerprint density at radius 3 is 2.31 bits per heavy atom. The molecule has 17 heteroatoms. The number of hydrogen-bond acceptors (Lipinski definition) is 11. The quantitative estimate of drug-likeness (QED) is 0.229. The summed E-state index contributed by atoms with van der Waals surface area (Å²) in [5.74, 6) is -2.62. The van der Waals surface area contributed by atoms with E-state index in [1.807, 2.05) is 30.8 Å². The molecule has 14 nitrogen and oxygen atoms in total. The van der Waals surface area contributed by atoms with Crippen molar-refractivity contribution in [3.8, 4) is 17.3 Å². The van der Waals surface area contributed by atoms with Gasteiger partial charge in [-0.3, -0.25) is 20.1 Å². The third-order valence-electron chi connectivity index (χ3n) is 8.95. The zero-order valence-electron chi connectivity index (χ0n) is 29.3. The van der Waals surface area contributed by atoms with Crippen LogP contribution < -0.4 is 10.4 Å². The number of piperazine rings is 1. The lowest BCUT2D eigenvalue weighted by Crippen LogP contribution is -2.49. The van der Waals surface area contributed by atoms with Crippen LogP contribution in [0.15, 0.2) is 48.8 Å². The molecule has 0 spiro atoms. The number of amides is 1. The number of carboxylic acid groups (broad SMARTS) is 1. The number of rotatable bonds is 10. The number of imidazole rings is 1. The molecule has 52 heavy (non-hydrogen) atoms. The lowest BCUT2D eigenvalue weighted by atomic mass is 10.1. The van der Waals surface area contributed by atoms with Crippen LogP contribution in [0.2, 0.25) is 0 Å². The maximum atomic E-state index is 13.8. The summed E-state index contributed by atoms with van der Waals surface area (Å²) in [5, 5.41) is 18.7. The van der Waals surface area contributed by atoms with Gasteiger partial charge in [0.1, 0.15) is 11.8 Å². The Kier molecular flexibility index (Phi) is 12.4. The van der Waals surface area contributed by atoms with E-state index in [1.54, 1.807) is 17.4 Å². The van der Waals surface area contributed by atoms with Gasteiger partial charge in [-0.15, -0.1) is 0 Å². The van der Waals surface area contributed by atoms with Crippen LogP contribution in [0.3, 0.4) is 0 Å². The number of hydrazine groups is 1. The zero-order chi connectivity index (χ0) is 37.4. The molecular formula is C35H42F3N11O3. The molecular weight excluding hydrogens is 679 g/mol. The van der Waals surface area contributed by atoms with Crippen LogP contribution in [0.4, 0.5) is 19.0 Å². The van der Waals surface area contributed by atoms with E-state index in [1.165, 1.54) is 5.56 Å². The Balaban J connectivity index is 0.000000679. The molecule has 4 aromatic rings. The number of fused-ring (bicyclic) bond motifs is 1. The number of anilines is 1. The van der Waals surface area contributed by atoms with E-state index < -0.39 is 12.1 Å². The second-order valence-corrected chi connectivity index (χ2v) is 13.1. The van der Waals surface area contributed by atoms with E-state index in [9.17, 15) is 23.2 Å². The lowest BCUT2D eigenvalue weighted by Gasteiger charge is -2.32. The molecule has 2 N–H and O–H groups in total. The lowest BCUT2D eigenvalue weighted by molar-refractivity contribution is -0.192. The van der Waals surface area contributed by atoms with Gasteiger partial charge < -0.3 is 19.5 Å². The predicted octanol–water partition coefficient (Wildman–Crippen LogP) is 3.80. The molecule has 3 aromatic heterocycles. The van der Waals surface area contributed by atoms with Gasteiger partial charge >= 0.3 is 12.1 Å².